The van der Waals surface area contributed by atoms with Crippen LogP contribution in [0.3, 0.4) is 0 Å². The molecular weight excluding hydrogens is 204 g/mol. The van der Waals surface area contributed by atoms with Crippen LogP contribution in [0, 0.1) is 0 Å². The highest BCUT2D eigenvalue weighted by Crippen LogP contribution is 2.12. The smallest absolute Gasteiger partial charge is 0.213 e. The first-order chi connectivity index (χ1) is 7.61. The monoisotopic (exact) mass is 222 g/mol. The minimum absolute atomic E-state index is 0.0845. The Morgan fingerprint density at radius 1 is 1.56 bits per heavy atom. The SMILES string of the molecule is CCC(C)Oc1cc(CN=C(N)N)ccn1. The van der Waals surface area contributed by atoms with Crippen molar-refractivity contribution in [2.75, 3.05) is 0 Å². The molecule has 0 fully saturated rings. The summed E-state index contributed by atoms with van der Waals surface area (Å²) in [4.78, 5) is 8.05. The molecule has 0 radical (unpaired) electrons. The molecule has 0 saturated heterocycles. The van der Waals surface area contributed by atoms with Crippen molar-refractivity contribution in [2.24, 2.45) is 16.5 Å². The zero-order valence-corrected chi connectivity index (χ0v) is 9.68. The second-order valence-corrected chi connectivity index (χ2v) is 3.58. The molecule has 0 amide bonds. The Kier molecular flexibility index (Phi) is 4.57. The molecule has 5 heteroatoms. The van der Waals surface area contributed by atoms with Gasteiger partial charge in [-0.05, 0) is 25.0 Å². The number of ether oxygens (including phenoxy) is 1. The molecule has 1 heterocycles. The second-order valence-electron chi connectivity index (χ2n) is 3.58. The Balaban J connectivity index is 2.67. The Morgan fingerprint density at radius 2 is 2.31 bits per heavy atom. The maximum atomic E-state index is 5.59. The minimum Gasteiger partial charge on any atom is -0.475 e. The Morgan fingerprint density at radius 3 is 2.94 bits per heavy atom. The van der Waals surface area contributed by atoms with E-state index in [9.17, 15) is 0 Å². The van der Waals surface area contributed by atoms with Crippen LogP contribution in [-0.2, 0) is 6.54 Å². The van der Waals surface area contributed by atoms with Gasteiger partial charge in [0.1, 0.15) is 0 Å². The molecular formula is C11H18N4O. The number of aliphatic imine (C=N–C) groups is 1. The summed E-state index contributed by atoms with van der Waals surface area (Å²) in [6.45, 7) is 4.51. The van der Waals surface area contributed by atoms with Crippen molar-refractivity contribution in [2.45, 2.75) is 32.9 Å². The van der Waals surface area contributed by atoms with Gasteiger partial charge in [-0.1, -0.05) is 6.92 Å². The van der Waals surface area contributed by atoms with Crippen LogP contribution in [0.4, 0.5) is 0 Å². The van der Waals surface area contributed by atoms with Gasteiger partial charge < -0.3 is 16.2 Å². The molecule has 0 aliphatic heterocycles. The van der Waals surface area contributed by atoms with Crippen molar-refractivity contribution < 1.29 is 4.74 Å². The van der Waals surface area contributed by atoms with Crippen LogP contribution in [0.25, 0.3) is 0 Å². The third-order valence-electron chi connectivity index (χ3n) is 2.14. The van der Waals surface area contributed by atoms with Gasteiger partial charge in [0, 0.05) is 12.3 Å². The molecule has 0 saturated carbocycles. The highest BCUT2D eigenvalue weighted by atomic mass is 16.5. The predicted octanol–water partition coefficient (Wildman–Crippen LogP) is 1.03. The first-order valence-electron chi connectivity index (χ1n) is 5.28. The standard InChI is InChI=1S/C11H18N4O/c1-3-8(2)16-10-6-9(4-5-14-10)7-15-11(12)13/h4-6,8H,3,7H2,1-2H3,(H4,12,13,15). The molecule has 1 aromatic heterocycles. The van der Waals surface area contributed by atoms with E-state index in [4.69, 9.17) is 16.2 Å². The van der Waals surface area contributed by atoms with Gasteiger partial charge in [0.25, 0.3) is 0 Å². The van der Waals surface area contributed by atoms with Crippen LogP contribution in [0.15, 0.2) is 23.3 Å². The third-order valence-corrected chi connectivity index (χ3v) is 2.14. The zero-order valence-electron chi connectivity index (χ0n) is 9.68. The van der Waals surface area contributed by atoms with Crippen molar-refractivity contribution in [1.82, 2.24) is 4.98 Å². The molecule has 0 aliphatic rings. The van der Waals surface area contributed by atoms with E-state index >= 15 is 0 Å². The second kappa shape index (κ2) is 5.95. The molecule has 16 heavy (non-hydrogen) atoms. The minimum atomic E-state index is 0.0845. The fourth-order valence-corrected chi connectivity index (χ4v) is 1.09. The summed E-state index contributed by atoms with van der Waals surface area (Å²) >= 11 is 0. The van der Waals surface area contributed by atoms with E-state index in [0.29, 0.717) is 12.4 Å². The Labute approximate surface area is 95.5 Å². The van der Waals surface area contributed by atoms with Crippen LogP contribution in [0.5, 0.6) is 5.88 Å². The third kappa shape index (κ3) is 4.16. The summed E-state index contributed by atoms with van der Waals surface area (Å²) in [7, 11) is 0. The molecule has 1 rings (SSSR count). The fraction of sp³-hybridized carbons (Fsp3) is 0.455. The van der Waals surface area contributed by atoms with Gasteiger partial charge in [0.15, 0.2) is 5.96 Å². The number of hydrogen-bond acceptors (Lipinski definition) is 3. The number of hydrogen-bond donors (Lipinski definition) is 2. The van der Waals surface area contributed by atoms with Crippen LogP contribution in [0.1, 0.15) is 25.8 Å². The first kappa shape index (κ1) is 12.3. The van der Waals surface area contributed by atoms with Crippen molar-refractivity contribution in [1.29, 1.82) is 0 Å². The lowest BCUT2D eigenvalue weighted by atomic mass is 10.2. The van der Waals surface area contributed by atoms with E-state index < -0.39 is 0 Å². The summed E-state index contributed by atoms with van der Waals surface area (Å²) < 4.78 is 5.59. The lowest BCUT2D eigenvalue weighted by Gasteiger charge is -2.11. The fourth-order valence-electron chi connectivity index (χ4n) is 1.09. The number of guanidine groups is 1. The van der Waals surface area contributed by atoms with E-state index in [0.717, 1.165) is 12.0 Å². The Hall–Kier alpha value is -1.78. The summed E-state index contributed by atoms with van der Waals surface area (Å²) in [5, 5.41) is 0. The van der Waals surface area contributed by atoms with Gasteiger partial charge in [0.2, 0.25) is 5.88 Å². The van der Waals surface area contributed by atoms with Crippen LogP contribution >= 0.6 is 0 Å². The number of pyridine rings is 1. The van der Waals surface area contributed by atoms with Crippen molar-refractivity contribution in [3.8, 4) is 5.88 Å². The van der Waals surface area contributed by atoms with Crippen LogP contribution in [0.2, 0.25) is 0 Å². The highest BCUT2D eigenvalue weighted by Gasteiger charge is 2.02. The molecule has 1 unspecified atom stereocenters. The Bertz CT molecular complexity index is 361. The zero-order chi connectivity index (χ0) is 12.0. The maximum absolute atomic E-state index is 5.59. The number of rotatable bonds is 5. The number of nitrogens with two attached hydrogens (primary N) is 2. The molecule has 4 N–H and O–H groups in total. The molecule has 0 aliphatic carbocycles. The number of nitrogens with zero attached hydrogens (tertiary/aromatic N) is 2. The van der Waals surface area contributed by atoms with Gasteiger partial charge >= 0.3 is 0 Å². The van der Waals surface area contributed by atoms with E-state index in [-0.39, 0.29) is 12.1 Å². The molecule has 1 aromatic rings. The van der Waals surface area contributed by atoms with E-state index in [1.807, 2.05) is 19.1 Å². The topological polar surface area (TPSA) is 86.5 Å². The molecule has 1 atom stereocenters. The van der Waals surface area contributed by atoms with E-state index in [1.54, 1.807) is 6.20 Å². The molecule has 0 aromatic carbocycles. The normalized spacial score (nSPS) is 11.9. The van der Waals surface area contributed by atoms with Gasteiger partial charge in [-0.3, -0.25) is 0 Å². The average molecular weight is 222 g/mol. The van der Waals surface area contributed by atoms with Gasteiger partial charge in [-0.2, -0.15) is 0 Å². The molecule has 0 bridgehead atoms. The maximum Gasteiger partial charge on any atom is 0.213 e. The van der Waals surface area contributed by atoms with E-state index in [2.05, 4.69) is 16.9 Å². The van der Waals surface area contributed by atoms with Gasteiger partial charge in [0.05, 0.1) is 12.6 Å². The van der Waals surface area contributed by atoms with Crippen LogP contribution < -0.4 is 16.2 Å². The van der Waals surface area contributed by atoms with Gasteiger partial charge in [-0.25, -0.2) is 9.98 Å². The number of aromatic nitrogens is 1. The molecule has 0 spiro atoms. The molecule has 5 nitrogen and oxygen atoms in total. The average Bonchev–Trinajstić information content (AvgIpc) is 2.26. The van der Waals surface area contributed by atoms with Crippen molar-refractivity contribution in [3.05, 3.63) is 23.9 Å². The van der Waals surface area contributed by atoms with Crippen molar-refractivity contribution >= 4 is 5.96 Å². The summed E-state index contributed by atoms with van der Waals surface area (Å²) in [5.41, 5.74) is 11.5. The quantitative estimate of drug-likeness (QED) is 0.575. The lowest BCUT2D eigenvalue weighted by Crippen LogP contribution is -2.22. The summed E-state index contributed by atoms with van der Waals surface area (Å²) in [6, 6.07) is 3.70. The summed E-state index contributed by atoms with van der Waals surface area (Å²) in [6.07, 6.45) is 2.79. The first-order valence-corrected chi connectivity index (χ1v) is 5.28. The lowest BCUT2D eigenvalue weighted by molar-refractivity contribution is 0.208. The van der Waals surface area contributed by atoms with Crippen molar-refractivity contribution in [3.63, 3.8) is 0 Å². The molecule has 88 valence electrons. The largest absolute Gasteiger partial charge is 0.475 e. The van der Waals surface area contributed by atoms with Gasteiger partial charge in [-0.15, -0.1) is 0 Å². The van der Waals surface area contributed by atoms with E-state index in [1.165, 1.54) is 0 Å². The summed E-state index contributed by atoms with van der Waals surface area (Å²) in [5.74, 6) is 0.693. The highest BCUT2D eigenvalue weighted by molar-refractivity contribution is 5.75. The van der Waals surface area contributed by atoms with Crippen LogP contribution in [-0.4, -0.2) is 17.0 Å². The predicted molar refractivity (Wildman–Crippen MR) is 64.1 cm³/mol.